The van der Waals surface area contributed by atoms with E-state index in [0.29, 0.717) is 27.2 Å². The number of aromatic nitrogens is 1. The van der Waals surface area contributed by atoms with Crippen LogP contribution in [0.4, 0.5) is 5.69 Å². The normalized spacial score (nSPS) is 10.6. The van der Waals surface area contributed by atoms with Crippen LogP contribution in [0.1, 0.15) is 5.56 Å². The third-order valence-electron chi connectivity index (χ3n) is 4.32. The molecule has 1 N–H and O–H groups in total. The Morgan fingerprint density at radius 1 is 1.14 bits per heavy atom. The second-order valence-electron chi connectivity index (χ2n) is 6.34. The van der Waals surface area contributed by atoms with Crippen LogP contribution in [-0.4, -0.2) is 30.2 Å². The summed E-state index contributed by atoms with van der Waals surface area (Å²) >= 11 is 6.07. The molecule has 2 aromatic carbocycles. The van der Waals surface area contributed by atoms with Crippen molar-refractivity contribution in [2.24, 2.45) is 0 Å². The van der Waals surface area contributed by atoms with Gasteiger partial charge in [-0.3, -0.25) is 9.59 Å². The number of carbonyl (C=O) groups is 2. The summed E-state index contributed by atoms with van der Waals surface area (Å²) in [6.07, 6.45) is 1.51. The van der Waals surface area contributed by atoms with Gasteiger partial charge in [-0.05, 0) is 42.8 Å². The number of benzene rings is 2. The number of pyridine rings is 1. The fourth-order valence-corrected chi connectivity index (χ4v) is 2.94. The van der Waals surface area contributed by atoms with Gasteiger partial charge in [0.25, 0.3) is 5.56 Å². The summed E-state index contributed by atoms with van der Waals surface area (Å²) < 4.78 is 11.3. The Morgan fingerprint density at radius 2 is 1.93 bits per heavy atom. The highest BCUT2D eigenvalue weighted by atomic mass is 35.5. The van der Waals surface area contributed by atoms with E-state index in [2.05, 4.69) is 10.1 Å². The topological polar surface area (TPSA) is 86.6 Å². The van der Waals surface area contributed by atoms with Gasteiger partial charge in [0, 0.05) is 22.3 Å². The lowest BCUT2D eigenvalue weighted by Crippen LogP contribution is -2.27. The summed E-state index contributed by atoms with van der Waals surface area (Å²) in [7, 11) is 1.27. The number of hydrogen-bond donors (Lipinski definition) is 1. The van der Waals surface area contributed by atoms with Crippen LogP contribution >= 0.6 is 11.6 Å². The highest BCUT2D eigenvalue weighted by Gasteiger charge is 2.12. The molecule has 0 atom stereocenters. The summed E-state index contributed by atoms with van der Waals surface area (Å²) in [5.74, 6) is -0.497. The van der Waals surface area contributed by atoms with Gasteiger partial charge in [0.05, 0.1) is 12.5 Å². The number of hydrogen-bond acceptors (Lipinski definition) is 5. The third kappa shape index (κ3) is 4.75. The number of nitrogens with one attached hydrogen (secondary N) is 1. The van der Waals surface area contributed by atoms with Crippen LogP contribution in [0.3, 0.4) is 0 Å². The SMILES string of the molecule is COC(=O)COc1cccc2c(=O)n(CC(=O)Nc3ccc(C)c(Cl)c3)ccc12. The Bertz CT molecular complexity index is 1140. The Labute approximate surface area is 171 Å². The molecular weight excluding hydrogens is 396 g/mol. The lowest BCUT2D eigenvalue weighted by atomic mass is 10.1. The molecule has 8 heteroatoms. The number of rotatable bonds is 6. The zero-order chi connectivity index (χ0) is 21.0. The molecule has 1 amide bonds. The molecule has 0 radical (unpaired) electrons. The van der Waals surface area contributed by atoms with Crippen molar-refractivity contribution in [3.63, 3.8) is 0 Å². The standard InChI is InChI=1S/C21H19ClN2O5/c1-13-6-7-14(10-17(13)22)23-19(25)11-24-9-8-15-16(21(24)27)4-3-5-18(15)29-12-20(26)28-2/h3-10H,11-12H2,1-2H3,(H,23,25). The number of aryl methyl sites for hydroxylation is 1. The van der Waals surface area contributed by atoms with Crippen molar-refractivity contribution in [1.82, 2.24) is 4.57 Å². The zero-order valence-corrected chi connectivity index (χ0v) is 16.7. The van der Waals surface area contributed by atoms with E-state index >= 15 is 0 Å². The smallest absolute Gasteiger partial charge is 0.343 e. The van der Waals surface area contributed by atoms with E-state index < -0.39 is 5.97 Å². The van der Waals surface area contributed by atoms with E-state index in [9.17, 15) is 14.4 Å². The minimum Gasteiger partial charge on any atom is -0.481 e. The molecule has 0 aliphatic carbocycles. The summed E-state index contributed by atoms with van der Waals surface area (Å²) in [6.45, 7) is 1.44. The molecule has 0 saturated heterocycles. The van der Waals surface area contributed by atoms with Crippen LogP contribution in [0.5, 0.6) is 5.75 Å². The van der Waals surface area contributed by atoms with Crippen molar-refractivity contribution >= 4 is 39.9 Å². The maximum absolute atomic E-state index is 12.8. The monoisotopic (exact) mass is 414 g/mol. The molecule has 3 rings (SSSR count). The molecule has 0 aliphatic rings. The molecule has 150 valence electrons. The van der Waals surface area contributed by atoms with Crippen LogP contribution < -0.4 is 15.6 Å². The molecule has 0 unspecified atom stereocenters. The van der Waals surface area contributed by atoms with Crippen molar-refractivity contribution in [3.05, 3.63) is 69.6 Å². The maximum Gasteiger partial charge on any atom is 0.343 e. The van der Waals surface area contributed by atoms with Gasteiger partial charge in [-0.1, -0.05) is 23.7 Å². The van der Waals surface area contributed by atoms with Gasteiger partial charge in [0.1, 0.15) is 12.3 Å². The second kappa shape index (κ2) is 8.79. The van der Waals surface area contributed by atoms with E-state index in [-0.39, 0.29) is 24.6 Å². The Hall–Kier alpha value is -3.32. The van der Waals surface area contributed by atoms with Crippen LogP contribution in [0.15, 0.2) is 53.5 Å². The van der Waals surface area contributed by atoms with Gasteiger partial charge in [-0.25, -0.2) is 4.79 Å². The van der Waals surface area contributed by atoms with Gasteiger partial charge in [-0.2, -0.15) is 0 Å². The number of nitrogens with zero attached hydrogens (tertiary/aromatic N) is 1. The van der Waals surface area contributed by atoms with E-state index in [0.717, 1.165) is 5.56 Å². The lowest BCUT2D eigenvalue weighted by molar-refractivity contribution is -0.142. The molecule has 29 heavy (non-hydrogen) atoms. The van der Waals surface area contributed by atoms with E-state index in [4.69, 9.17) is 16.3 Å². The Balaban J connectivity index is 1.80. The number of halogens is 1. The van der Waals surface area contributed by atoms with Crippen molar-refractivity contribution in [2.75, 3.05) is 19.0 Å². The molecule has 3 aromatic rings. The number of carbonyl (C=O) groups excluding carboxylic acids is 2. The highest BCUT2D eigenvalue weighted by molar-refractivity contribution is 6.31. The maximum atomic E-state index is 12.8. The molecule has 1 heterocycles. The predicted molar refractivity (Wildman–Crippen MR) is 111 cm³/mol. The first kappa shape index (κ1) is 20.4. The molecular formula is C21H19ClN2O5. The van der Waals surface area contributed by atoms with E-state index in [1.54, 1.807) is 42.5 Å². The molecule has 7 nitrogen and oxygen atoms in total. The molecule has 0 saturated carbocycles. The van der Waals surface area contributed by atoms with Crippen molar-refractivity contribution in [1.29, 1.82) is 0 Å². The quantitative estimate of drug-likeness (QED) is 0.626. The van der Waals surface area contributed by atoms with Gasteiger partial charge in [0.2, 0.25) is 5.91 Å². The largest absolute Gasteiger partial charge is 0.481 e. The average molecular weight is 415 g/mol. The summed E-state index contributed by atoms with van der Waals surface area (Å²) in [5.41, 5.74) is 1.11. The molecule has 1 aromatic heterocycles. The first-order valence-electron chi connectivity index (χ1n) is 8.77. The Morgan fingerprint density at radius 3 is 2.66 bits per heavy atom. The number of esters is 1. The van der Waals surface area contributed by atoms with Crippen molar-refractivity contribution < 1.29 is 19.1 Å². The fourth-order valence-electron chi connectivity index (χ4n) is 2.76. The molecule has 0 spiro atoms. The highest BCUT2D eigenvalue weighted by Crippen LogP contribution is 2.23. The van der Waals surface area contributed by atoms with Gasteiger partial charge >= 0.3 is 5.97 Å². The minimum atomic E-state index is -0.525. The van der Waals surface area contributed by atoms with Crippen molar-refractivity contribution in [2.45, 2.75) is 13.5 Å². The molecule has 0 bridgehead atoms. The van der Waals surface area contributed by atoms with Crippen LogP contribution in [0.2, 0.25) is 5.02 Å². The first-order valence-corrected chi connectivity index (χ1v) is 9.14. The van der Waals surface area contributed by atoms with E-state index in [1.807, 2.05) is 6.92 Å². The predicted octanol–water partition coefficient (Wildman–Crippen LogP) is 3.15. The number of methoxy groups -OCH3 is 1. The third-order valence-corrected chi connectivity index (χ3v) is 4.73. The van der Waals surface area contributed by atoms with Crippen LogP contribution in [-0.2, 0) is 20.9 Å². The summed E-state index contributed by atoms with van der Waals surface area (Å²) in [4.78, 5) is 36.4. The van der Waals surface area contributed by atoms with Crippen LogP contribution in [0, 0.1) is 6.92 Å². The number of amides is 1. The molecule has 0 fully saturated rings. The number of fused-ring (bicyclic) bond motifs is 1. The van der Waals surface area contributed by atoms with E-state index in [1.165, 1.54) is 17.9 Å². The van der Waals surface area contributed by atoms with Crippen LogP contribution in [0.25, 0.3) is 10.8 Å². The van der Waals surface area contributed by atoms with Crippen molar-refractivity contribution in [3.8, 4) is 5.75 Å². The summed E-state index contributed by atoms with van der Waals surface area (Å²) in [5, 5.41) is 4.19. The van der Waals surface area contributed by atoms with Gasteiger partial charge < -0.3 is 19.4 Å². The first-order chi connectivity index (χ1) is 13.9. The molecule has 0 aliphatic heterocycles. The summed E-state index contributed by atoms with van der Waals surface area (Å²) in [6, 6.07) is 11.8. The lowest BCUT2D eigenvalue weighted by Gasteiger charge is -2.11. The number of anilines is 1. The fraction of sp³-hybridized carbons (Fsp3) is 0.190. The van der Waals surface area contributed by atoms with Gasteiger partial charge in [-0.15, -0.1) is 0 Å². The zero-order valence-electron chi connectivity index (χ0n) is 15.9. The van der Waals surface area contributed by atoms with Gasteiger partial charge in [0.15, 0.2) is 6.61 Å². The average Bonchev–Trinajstić information content (AvgIpc) is 2.71. The Kier molecular flexibility index (Phi) is 6.19. The number of ether oxygens (including phenoxy) is 2. The minimum absolute atomic E-state index is 0.159. The second-order valence-corrected chi connectivity index (χ2v) is 6.75.